The molecule has 0 aromatic heterocycles. The standard InChI is InChI=1S/C12H26N2O2/c1-11(2)5-3-4-8-14-12(15)6-9-16-10-7-13/h11H,3-10,13H2,1-2H3,(H,14,15). The molecule has 3 N–H and O–H groups in total. The van der Waals surface area contributed by atoms with E-state index >= 15 is 0 Å². The van der Waals surface area contributed by atoms with Crippen LogP contribution in [0.2, 0.25) is 0 Å². The fraction of sp³-hybridized carbons (Fsp3) is 0.917. The smallest absolute Gasteiger partial charge is 0.222 e. The van der Waals surface area contributed by atoms with Gasteiger partial charge in [-0.1, -0.05) is 26.7 Å². The molecule has 96 valence electrons. The fourth-order valence-corrected chi connectivity index (χ4v) is 1.34. The summed E-state index contributed by atoms with van der Waals surface area (Å²) < 4.78 is 5.13. The highest BCUT2D eigenvalue weighted by atomic mass is 16.5. The molecule has 16 heavy (non-hydrogen) atoms. The van der Waals surface area contributed by atoms with Crippen molar-refractivity contribution in [3.63, 3.8) is 0 Å². The van der Waals surface area contributed by atoms with E-state index in [1.165, 1.54) is 12.8 Å². The number of carbonyl (C=O) groups is 1. The van der Waals surface area contributed by atoms with Gasteiger partial charge in [-0.2, -0.15) is 0 Å². The van der Waals surface area contributed by atoms with Crippen molar-refractivity contribution in [3.05, 3.63) is 0 Å². The summed E-state index contributed by atoms with van der Waals surface area (Å²) >= 11 is 0. The minimum atomic E-state index is 0.0709. The second kappa shape index (κ2) is 10.9. The van der Waals surface area contributed by atoms with E-state index < -0.39 is 0 Å². The summed E-state index contributed by atoms with van der Waals surface area (Å²) in [5, 5.41) is 2.88. The number of rotatable bonds is 10. The van der Waals surface area contributed by atoms with Crippen molar-refractivity contribution >= 4 is 5.91 Å². The molecule has 0 atom stereocenters. The van der Waals surface area contributed by atoms with Gasteiger partial charge in [-0.25, -0.2) is 0 Å². The predicted molar refractivity (Wildman–Crippen MR) is 66.2 cm³/mol. The van der Waals surface area contributed by atoms with Gasteiger partial charge in [0.2, 0.25) is 5.91 Å². The molecule has 0 saturated heterocycles. The summed E-state index contributed by atoms with van der Waals surface area (Å²) in [5.41, 5.74) is 5.26. The van der Waals surface area contributed by atoms with E-state index in [0.717, 1.165) is 18.9 Å². The zero-order valence-electron chi connectivity index (χ0n) is 10.6. The monoisotopic (exact) mass is 230 g/mol. The van der Waals surface area contributed by atoms with Gasteiger partial charge in [0.1, 0.15) is 0 Å². The average Bonchev–Trinajstić information content (AvgIpc) is 2.23. The summed E-state index contributed by atoms with van der Waals surface area (Å²) in [7, 11) is 0. The van der Waals surface area contributed by atoms with E-state index in [-0.39, 0.29) is 5.91 Å². The summed E-state index contributed by atoms with van der Waals surface area (Å²) in [4.78, 5) is 11.3. The van der Waals surface area contributed by atoms with Gasteiger partial charge in [0.15, 0.2) is 0 Å². The number of nitrogens with two attached hydrogens (primary N) is 1. The topological polar surface area (TPSA) is 64.3 Å². The van der Waals surface area contributed by atoms with Crippen LogP contribution in [0.5, 0.6) is 0 Å². The van der Waals surface area contributed by atoms with Crippen LogP contribution in [-0.2, 0) is 9.53 Å². The molecule has 1 amide bonds. The maximum absolute atomic E-state index is 11.3. The molecule has 0 spiro atoms. The summed E-state index contributed by atoms with van der Waals surface area (Å²) in [5.74, 6) is 0.821. The largest absolute Gasteiger partial charge is 0.380 e. The van der Waals surface area contributed by atoms with Crippen molar-refractivity contribution in [2.75, 3.05) is 26.3 Å². The van der Waals surface area contributed by atoms with Crippen molar-refractivity contribution in [1.29, 1.82) is 0 Å². The fourth-order valence-electron chi connectivity index (χ4n) is 1.34. The molecular weight excluding hydrogens is 204 g/mol. The summed E-state index contributed by atoms with van der Waals surface area (Å²) in [6.07, 6.45) is 3.91. The highest BCUT2D eigenvalue weighted by Crippen LogP contribution is 2.04. The van der Waals surface area contributed by atoms with E-state index in [2.05, 4.69) is 19.2 Å². The molecule has 0 radical (unpaired) electrons. The maximum Gasteiger partial charge on any atom is 0.222 e. The van der Waals surface area contributed by atoms with E-state index in [0.29, 0.717) is 26.2 Å². The number of nitrogens with one attached hydrogen (secondary N) is 1. The highest BCUT2D eigenvalue weighted by molar-refractivity contribution is 5.75. The molecule has 0 heterocycles. The number of carbonyl (C=O) groups excluding carboxylic acids is 1. The van der Waals surface area contributed by atoms with Gasteiger partial charge in [-0.05, 0) is 12.3 Å². The van der Waals surface area contributed by atoms with Crippen LogP contribution < -0.4 is 11.1 Å². The number of hydrogen-bond acceptors (Lipinski definition) is 3. The third-order valence-electron chi connectivity index (χ3n) is 2.27. The molecule has 0 aromatic rings. The van der Waals surface area contributed by atoms with Crippen LogP contribution in [0, 0.1) is 5.92 Å². The minimum Gasteiger partial charge on any atom is -0.380 e. The zero-order chi connectivity index (χ0) is 12.2. The molecule has 0 fully saturated rings. The van der Waals surface area contributed by atoms with Gasteiger partial charge in [-0.3, -0.25) is 4.79 Å². The van der Waals surface area contributed by atoms with Crippen molar-refractivity contribution in [2.24, 2.45) is 11.7 Å². The second-order valence-corrected chi connectivity index (χ2v) is 4.39. The van der Waals surface area contributed by atoms with Crippen LogP contribution in [0.25, 0.3) is 0 Å². The molecule has 0 aliphatic rings. The van der Waals surface area contributed by atoms with E-state index in [1.807, 2.05) is 0 Å². The number of amides is 1. The second-order valence-electron chi connectivity index (χ2n) is 4.39. The summed E-state index contributed by atoms with van der Waals surface area (Å²) in [6, 6.07) is 0. The Morgan fingerprint density at radius 3 is 2.69 bits per heavy atom. The Kier molecular flexibility index (Phi) is 10.5. The number of ether oxygens (including phenoxy) is 1. The van der Waals surface area contributed by atoms with E-state index in [1.54, 1.807) is 0 Å². The zero-order valence-corrected chi connectivity index (χ0v) is 10.6. The first-order valence-corrected chi connectivity index (χ1v) is 6.21. The normalized spacial score (nSPS) is 10.8. The molecule has 4 nitrogen and oxygen atoms in total. The van der Waals surface area contributed by atoms with Gasteiger partial charge < -0.3 is 15.8 Å². The Morgan fingerprint density at radius 2 is 2.06 bits per heavy atom. The Hall–Kier alpha value is -0.610. The van der Waals surface area contributed by atoms with Crippen molar-refractivity contribution in [2.45, 2.75) is 39.5 Å². The molecule has 0 aliphatic carbocycles. The molecule has 0 rings (SSSR count). The Bertz CT molecular complexity index is 172. The Labute approximate surface area is 98.9 Å². The van der Waals surface area contributed by atoms with Gasteiger partial charge in [0, 0.05) is 19.5 Å². The molecule has 0 bridgehead atoms. The van der Waals surface area contributed by atoms with Crippen molar-refractivity contribution in [1.82, 2.24) is 5.32 Å². The predicted octanol–water partition coefficient (Wildman–Crippen LogP) is 1.29. The third kappa shape index (κ3) is 11.5. The lowest BCUT2D eigenvalue weighted by molar-refractivity contribution is -0.122. The van der Waals surface area contributed by atoms with Gasteiger partial charge in [0.05, 0.1) is 13.2 Å². The Balaban J connectivity index is 3.17. The van der Waals surface area contributed by atoms with Crippen LogP contribution in [0.3, 0.4) is 0 Å². The lowest BCUT2D eigenvalue weighted by atomic mass is 10.1. The van der Waals surface area contributed by atoms with Crippen LogP contribution in [-0.4, -0.2) is 32.2 Å². The SMILES string of the molecule is CC(C)CCCCNC(=O)CCOCCN. The molecule has 0 aromatic carbocycles. The van der Waals surface area contributed by atoms with E-state index in [4.69, 9.17) is 10.5 Å². The first kappa shape index (κ1) is 15.4. The van der Waals surface area contributed by atoms with Gasteiger partial charge in [-0.15, -0.1) is 0 Å². The Morgan fingerprint density at radius 1 is 1.31 bits per heavy atom. The first-order valence-electron chi connectivity index (χ1n) is 6.21. The summed E-state index contributed by atoms with van der Waals surface area (Å²) in [6.45, 7) is 6.72. The van der Waals surface area contributed by atoms with Crippen LogP contribution >= 0.6 is 0 Å². The molecule has 0 unspecified atom stereocenters. The highest BCUT2D eigenvalue weighted by Gasteiger charge is 2.00. The molecule has 4 heteroatoms. The molecule has 0 aliphatic heterocycles. The lowest BCUT2D eigenvalue weighted by Crippen LogP contribution is -2.25. The lowest BCUT2D eigenvalue weighted by Gasteiger charge is -2.06. The first-order chi connectivity index (χ1) is 7.66. The molecular formula is C12H26N2O2. The van der Waals surface area contributed by atoms with Crippen LogP contribution in [0.4, 0.5) is 0 Å². The number of unbranched alkanes of at least 4 members (excludes halogenated alkanes) is 1. The van der Waals surface area contributed by atoms with Gasteiger partial charge in [0.25, 0.3) is 0 Å². The van der Waals surface area contributed by atoms with Crippen molar-refractivity contribution in [3.8, 4) is 0 Å². The van der Waals surface area contributed by atoms with Gasteiger partial charge >= 0.3 is 0 Å². The van der Waals surface area contributed by atoms with Crippen LogP contribution in [0.1, 0.15) is 39.5 Å². The third-order valence-corrected chi connectivity index (χ3v) is 2.27. The van der Waals surface area contributed by atoms with Crippen molar-refractivity contribution < 1.29 is 9.53 Å². The number of hydrogen-bond donors (Lipinski definition) is 2. The quantitative estimate of drug-likeness (QED) is 0.556. The maximum atomic E-state index is 11.3. The van der Waals surface area contributed by atoms with Crippen LogP contribution in [0.15, 0.2) is 0 Å². The average molecular weight is 230 g/mol. The van der Waals surface area contributed by atoms with E-state index in [9.17, 15) is 4.79 Å². The minimum absolute atomic E-state index is 0.0709. The molecule has 0 saturated carbocycles.